The van der Waals surface area contributed by atoms with Crippen LogP contribution in [0.25, 0.3) is 0 Å². The van der Waals surface area contributed by atoms with Gasteiger partial charge in [-0.1, -0.05) is 36.2 Å². The summed E-state index contributed by atoms with van der Waals surface area (Å²) in [7, 11) is 1.93. The van der Waals surface area contributed by atoms with Crippen molar-refractivity contribution in [3.63, 3.8) is 0 Å². The molecule has 0 radical (unpaired) electrons. The molecule has 0 spiro atoms. The lowest BCUT2D eigenvalue weighted by Crippen LogP contribution is -2.26. The van der Waals surface area contributed by atoms with E-state index >= 15 is 0 Å². The number of thioether (sulfide) groups is 1. The Morgan fingerprint density at radius 1 is 1.43 bits per heavy atom. The Labute approximate surface area is 135 Å². The molecule has 0 aliphatic rings. The minimum absolute atomic E-state index is 0.0631. The van der Waals surface area contributed by atoms with Gasteiger partial charge in [0.05, 0.1) is 16.4 Å². The fourth-order valence-corrected chi connectivity index (χ4v) is 3.60. The van der Waals surface area contributed by atoms with Gasteiger partial charge >= 0.3 is 0 Å². The number of rotatable bonds is 6. The first-order valence-corrected chi connectivity index (χ1v) is 8.53. The highest BCUT2D eigenvalue weighted by molar-refractivity contribution is 7.99. The summed E-state index contributed by atoms with van der Waals surface area (Å²) in [5.41, 5.74) is 9.52. The van der Waals surface area contributed by atoms with Crippen molar-refractivity contribution < 1.29 is 0 Å². The van der Waals surface area contributed by atoms with Gasteiger partial charge in [0.1, 0.15) is 0 Å². The van der Waals surface area contributed by atoms with Gasteiger partial charge < -0.3 is 5.73 Å². The standard InChI is InChI=1S/C16H22ClN3S/c1-4-14-16(17)15(20(3)19-14)9-12(18)10-21-13-7-5-6-11(2)8-13/h5-8,12H,4,9-10,18H2,1-3H3. The molecule has 2 aromatic rings. The first-order chi connectivity index (χ1) is 10.0. The van der Waals surface area contributed by atoms with Gasteiger partial charge in [-0.3, -0.25) is 4.68 Å². The molecule has 2 N–H and O–H groups in total. The maximum atomic E-state index is 6.37. The van der Waals surface area contributed by atoms with Crippen molar-refractivity contribution in [3.05, 3.63) is 46.2 Å². The van der Waals surface area contributed by atoms with Gasteiger partial charge in [-0.15, -0.1) is 11.8 Å². The van der Waals surface area contributed by atoms with E-state index in [4.69, 9.17) is 17.3 Å². The van der Waals surface area contributed by atoms with E-state index in [1.54, 1.807) is 11.8 Å². The average Bonchev–Trinajstić information content (AvgIpc) is 2.72. The van der Waals surface area contributed by atoms with Gasteiger partial charge in [-0.2, -0.15) is 5.10 Å². The van der Waals surface area contributed by atoms with Crippen LogP contribution >= 0.6 is 23.4 Å². The van der Waals surface area contributed by atoms with Crippen molar-refractivity contribution in [2.24, 2.45) is 12.8 Å². The maximum absolute atomic E-state index is 6.37. The number of nitrogens with zero attached hydrogens (tertiary/aromatic N) is 2. The summed E-state index contributed by atoms with van der Waals surface area (Å²) >= 11 is 8.15. The lowest BCUT2D eigenvalue weighted by Gasteiger charge is -2.12. The SMILES string of the molecule is CCc1nn(C)c(CC(N)CSc2cccc(C)c2)c1Cl. The van der Waals surface area contributed by atoms with Crippen molar-refractivity contribution in [2.75, 3.05) is 5.75 Å². The van der Waals surface area contributed by atoms with Crippen LogP contribution in [0.5, 0.6) is 0 Å². The van der Waals surface area contributed by atoms with E-state index in [1.165, 1.54) is 10.5 Å². The first-order valence-electron chi connectivity index (χ1n) is 7.16. The summed E-state index contributed by atoms with van der Waals surface area (Å²) in [4.78, 5) is 1.26. The molecule has 3 nitrogen and oxygen atoms in total. The van der Waals surface area contributed by atoms with E-state index in [0.717, 1.165) is 35.0 Å². The Bertz CT molecular complexity index is 610. The average molecular weight is 324 g/mol. The number of nitrogens with two attached hydrogens (primary N) is 1. The van der Waals surface area contributed by atoms with Gasteiger partial charge in [0.2, 0.25) is 0 Å². The summed E-state index contributed by atoms with van der Waals surface area (Å²) in [6, 6.07) is 8.55. The summed E-state index contributed by atoms with van der Waals surface area (Å²) in [6.07, 6.45) is 1.60. The zero-order valence-electron chi connectivity index (χ0n) is 12.8. The summed E-state index contributed by atoms with van der Waals surface area (Å²) in [6.45, 7) is 4.16. The van der Waals surface area contributed by atoms with Crippen LogP contribution in [0.1, 0.15) is 23.9 Å². The fourth-order valence-electron chi connectivity index (χ4n) is 2.26. The minimum Gasteiger partial charge on any atom is -0.327 e. The molecule has 0 saturated carbocycles. The fraction of sp³-hybridized carbons (Fsp3) is 0.438. The molecule has 0 saturated heterocycles. The summed E-state index contributed by atoms with van der Waals surface area (Å²) in [5.74, 6) is 0.867. The summed E-state index contributed by atoms with van der Waals surface area (Å²) < 4.78 is 1.86. The first kappa shape index (κ1) is 16.4. The Morgan fingerprint density at radius 3 is 2.81 bits per heavy atom. The third-order valence-electron chi connectivity index (χ3n) is 3.41. The lowest BCUT2D eigenvalue weighted by atomic mass is 10.2. The van der Waals surface area contributed by atoms with Gasteiger partial charge in [0.15, 0.2) is 0 Å². The minimum atomic E-state index is 0.0631. The van der Waals surface area contributed by atoms with Crippen LogP contribution in [0.15, 0.2) is 29.2 Å². The number of hydrogen-bond acceptors (Lipinski definition) is 3. The van der Waals surface area contributed by atoms with E-state index in [2.05, 4.69) is 43.2 Å². The molecule has 1 aromatic heterocycles. The van der Waals surface area contributed by atoms with Crippen molar-refractivity contribution in [1.29, 1.82) is 0 Å². The normalized spacial score (nSPS) is 12.6. The van der Waals surface area contributed by atoms with E-state index in [-0.39, 0.29) is 6.04 Å². The molecule has 0 amide bonds. The smallest absolute Gasteiger partial charge is 0.0850 e. The van der Waals surface area contributed by atoms with Crippen LogP contribution in [0.3, 0.4) is 0 Å². The Kier molecular flexibility index (Phi) is 5.73. The second-order valence-electron chi connectivity index (χ2n) is 5.28. The predicted molar refractivity (Wildman–Crippen MR) is 91.2 cm³/mol. The van der Waals surface area contributed by atoms with Crippen molar-refractivity contribution in [1.82, 2.24) is 9.78 Å². The molecule has 1 atom stereocenters. The van der Waals surface area contributed by atoms with Gasteiger partial charge in [0, 0.05) is 30.2 Å². The predicted octanol–water partition coefficient (Wildman–Crippen LogP) is 3.61. The highest BCUT2D eigenvalue weighted by Gasteiger charge is 2.16. The van der Waals surface area contributed by atoms with E-state index in [1.807, 2.05) is 11.7 Å². The molecule has 0 aliphatic carbocycles. The molecular weight excluding hydrogens is 302 g/mol. The van der Waals surface area contributed by atoms with E-state index in [9.17, 15) is 0 Å². The molecule has 1 aromatic carbocycles. The number of hydrogen-bond donors (Lipinski definition) is 1. The molecule has 0 bridgehead atoms. The Morgan fingerprint density at radius 2 is 2.19 bits per heavy atom. The Hall–Kier alpha value is -0.970. The summed E-state index contributed by atoms with van der Waals surface area (Å²) in [5, 5.41) is 5.21. The molecule has 1 heterocycles. The third-order valence-corrected chi connectivity index (χ3v) is 5.03. The molecular formula is C16H22ClN3S. The molecule has 21 heavy (non-hydrogen) atoms. The van der Waals surface area contributed by atoms with Crippen LogP contribution in [-0.4, -0.2) is 21.6 Å². The molecule has 0 aliphatic heterocycles. The topological polar surface area (TPSA) is 43.8 Å². The zero-order valence-corrected chi connectivity index (χ0v) is 14.3. The van der Waals surface area contributed by atoms with E-state index in [0.29, 0.717) is 0 Å². The van der Waals surface area contributed by atoms with Gasteiger partial charge in [0.25, 0.3) is 0 Å². The molecule has 5 heteroatoms. The van der Waals surface area contributed by atoms with Crippen LogP contribution in [-0.2, 0) is 19.9 Å². The Balaban J connectivity index is 1.96. The number of halogens is 1. The monoisotopic (exact) mass is 323 g/mol. The van der Waals surface area contributed by atoms with E-state index < -0.39 is 0 Å². The highest BCUT2D eigenvalue weighted by Crippen LogP contribution is 2.24. The quantitative estimate of drug-likeness (QED) is 0.826. The second-order valence-corrected chi connectivity index (χ2v) is 6.75. The van der Waals surface area contributed by atoms with Crippen LogP contribution in [0.4, 0.5) is 0 Å². The largest absolute Gasteiger partial charge is 0.327 e. The van der Waals surface area contributed by atoms with Crippen molar-refractivity contribution in [3.8, 4) is 0 Å². The molecule has 1 unspecified atom stereocenters. The lowest BCUT2D eigenvalue weighted by molar-refractivity contribution is 0.650. The second kappa shape index (κ2) is 7.34. The van der Waals surface area contributed by atoms with Crippen molar-refractivity contribution in [2.45, 2.75) is 37.6 Å². The van der Waals surface area contributed by atoms with Crippen LogP contribution < -0.4 is 5.73 Å². The van der Waals surface area contributed by atoms with Crippen LogP contribution in [0.2, 0.25) is 5.02 Å². The molecule has 2 rings (SSSR count). The van der Waals surface area contributed by atoms with Gasteiger partial charge in [-0.25, -0.2) is 0 Å². The van der Waals surface area contributed by atoms with Crippen molar-refractivity contribution >= 4 is 23.4 Å². The molecule has 0 fully saturated rings. The number of aromatic nitrogens is 2. The maximum Gasteiger partial charge on any atom is 0.0850 e. The van der Waals surface area contributed by atoms with Crippen LogP contribution in [0, 0.1) is 6.92 Å². The number of aryl methyl sites for hydroxylation is 3. The zero-order chi connectivity index (χ0) is 15.4. The van der Waals surface area contributed by atoms with Gasteiger partial charge in [-0.05, 0) is 25.5 Å². The highest BCUT2D eigenvalue weighted by atomic mass is 35.5. The molecule has 114 valence electrons. The third kappa shape index (κ3) is 4.25. The number of benzene rings is 1.